The number of aromatic hydroxyl groups is 1. The van der Waals surface area contributed by atoms with Gasteiger partial charge in [-0.15, -0.1) is 0 Å². The summed E-state index contributed by atoms with van der Waals surface area (Å²) in [4.78, 5) is 25.7. The van der Waals surface area contributed by atoms with Crippen molar-refractivity contribution in [2.45, 2.75) is 32.7 Å². The molecular weight excluding hydrogens is 358 g/mol. The molecule has 0 saturated heterocycles. The molecule has 0 saturated carbocycles. The Labute approximate surface area is 164 Å². The standard InChI is InChI=1S/C21H25N3O4/c1-5-14(18-10-9-12(2)28-18)22-16-11-17(25)19(16)23-15-8-6-7-13(20(15)26)21(27)24(3)4/h6-10,14,22-23,26H,5,11H2,1-4H3. The van der Waals surface area contributed by atoms with Crippen LogP contribution < -0.4 is 10.6 Å². The van der Waals surface area contributed by atoms with Gasteiger partial charge in [-0.05, 0) is 37.6 Å². The Morgan fingerprint density at radius 2 is 2.04 bits per heavy atom. The maximum atomic E-state index is 12.2. The highest BCUT2D eigenvalue weighted by Crippen LogP contribution is 2.33. The number of aryl methyl sites for hydroxylation is 1. The second kappa shape index (κ2) is 7.80. The third-order valence-corrected chi connectivity index (χ3v) is 4.71. The van der Waals surface area contributed by atoms with Crippen molar-refractivity contribution in [1.29, 1.82) is 0 Å². The van der Waals surface area contributed by atoms with Crippen LogP contribution in [0.25, 0.3) is 0 Å². The van der Waals surface area contributed by atoms with E-state index in [4.69, 9.17) is 4.42 Å². The van der Waals surface area contributed by atoms with Gasteiger partial charge in [-0.25, -0.2) is 0 Å². The molecule has 1 aliphatic carbocycles. The second-order valence-electron chi connectivity index (χ2n) is 7.03. The Hall–Kier alpha value is -3.22. The van der Waals surface area contributed by atoms with Crippen molar-refractivity contribution in [2.75, 3.05) is 19.4 Å². The summed E-state index contributed by atoms with van der Waals surface area (Å²) in [6, 6.07) is 8.62. The molecule has 0 aliphatic heterocycles. The summed E-state index contributed by atoms with van der Waals surface area (Å²) < 4.78 is 5.70. The molecule has 2 aromatic rings. The summed E-state index contributed by atoms with van der Waals surface area (Å²) in [5.41, 5.74) is 1.65. The van der Waals surface area contributed by atoms with Crippen LogP contribution in [-0.2, 0) is 4.79 Å². The van der Waals surface area contributed by atoms with Crippen LogP contribution in [0.1, 0.15) is 47.7 Å². The molecule has 7 heteroatoms. The number of carbonyl (C=O) groups excluding carboxylic acids is 2. The molecule has 0 spiro atoms. The van der Waals surface area contributed by atoms with E-state index in [-0.39, 0.29) is 35.5 Å². The number of allylic oxidation sites excluding steroid dienone is 2. The molecule has 3 rings (SSSR count). The molecule has 7 nitrogen and oxygen atoms in total. The van der Waals surface area contributed by atoms with E-state index in [0.29, 0.717) is 11.4 Å². The van der Waals surface area contributed by atoms with Gasteiger partial charge in [0, 0.05) is 19.8 Å². The molecule has 28 heavy (non-hydrogen) atoms. The van der Waals surface area contributed by atoms with Gasteiger partial charge in [0.2, 0.25) is 0 Å². The minimum atomic E-state index is -0.312. The zero-order valence-corrected chi connectivity index (χ0v) is 16.5. The van der Waals surface area contributed by atoms with Crippen LogP contribution in [0.15, 0.2) is 46.1 Å². The lowest BCUT2D eigenvalue weighted by Gasteiger charge is -2.28. The first-order valence-corrected chi connectivity index (χ1v) is 9.21. The third kappa shape index (κ3) is 3.74. The Kier molecular flexibility index (Phi) is 5.44. The van der Waals surface area contributed by atoms with E-state index in [0.717, 1.165) is 23.6 Å². The summed E-state index contributed by atoms with van der Waals surface area (Å²) >= 11 is 0. The monoisotopic (exact) mass is 383 g/mol. The van der Waals surface area contributed by atoms with Crippen LogP contribution in [0, 0.1) is 6.92 Å². The van der Waals surface area contributed by atoms with Gasteiger partial charge in [0.05, 0.1) is 23.7 Å². The number of hydrogen-bond donors (Lipinski definition) is 3. The zero-order valence-electron chi connectivity index (χ0n) is 16.5. The largest absolute Gasteiger partial charge is 0.505 e. The van der Waals surface area contributed by atoms with Crippen LogP contribution >= 0.6 is 0 Å². The molecule has 0 bridgehead atoms. The quantitative estimate of drug-likeness (QED) is 0.635. The van der Waals surface area contributed by atoms with E-state index >= 15 is 0 Å². The highest BCUT2D eigenvalue weighted by Gasteiger charge is 2.30. The van der Waals surface area contributed by atoms with Crippen LogP contribution in [0.5, 0.6) is 5.75 Å². The van der Waals surface area contributed by atoms with Gasteiger partial charge in [-0.3, -0.25) is 9.59 Å². The Morgan fingerprint density at radius 1 is 1.29 bits per heavy atom. The van der Waals surface area contributed by atoms with Crippen LogP contribution in [0.2, 0.25) is 0 Å². The van der Waals surface area contributed by atoms with Gasteiger partial charge in [0.15, 0.2) is 11.5 Å². The summed E-state index contributed by atoms with van der Waals surface area (Å²) in [6.07, 6.45) is 1.08. The molecule has 1 unspecified atom stereocenters. The summed E-state index contributed by atoms with van der Waals surface area (Å²) in [7, 11) is 3.23. The van der Waals surface area contributed by atoms with Crippen molar-refractivity contribution in [3.8, 4) is 5.75 Å². The first-order chi connectivity index (χ1) is 13.3. The van der Waals surface area contributed by atoms with Gasteiger partial charge in [0.1, 0.15) is 17.2 Å². The number of carbonyl (C=O) groups is 2. The number of anilines is 1. The Balaban J connectivity index is 1.84. The number of benzene rings is 1. The average Bonchev–Trinajstić information content (AvgIpc) is 3.09. The normalized spacial score (nSPS) is 14.5. The number of rotatable bonds is 7. The molecule has 1 atom stereocenters. The number of Topliss-reactive ketones (excluding diaryl/α,β-unsaturated/α-hetero) is 1. The average molecular weight is 383 g/mol. The first-order valence-electron chi connectivity index (χ1n) is 9.21. The molecule has 1 heterocycles. The van der Waals surface area contributed by atoms with E-state index in [1.54, 1.807) is 32.3 Å². The van der Waals surface area contributed by atoms with E-state index in [1.165, 1.54) is 4.90 Å². The van der Waals surface area contributed by atoms with Crippen LogP contribution in [0.4, 0.5) is 5.69 Å². The number of phenols is 1. The van der Waals surface area contributed by atoms with Gasteiger partial charge < -0.3 is 25.1 Å². The second-order valence-corrected chi connectivity index (χ2v) is 7.03. The van der Waals surface area contributed by atoms with Gasteiger partial charge in [-0.1, -0.05) is 13.0 Å². The van der Waals surface area contributed by atoms with Crippen molar-refractivity contribution in [2.24, 2.45) is 0 Å². The van der Waals surface area contributed by atoms with E-state index in [1.807, 2.05) is 26.0 Å². The lowest BCUT2D eigenvalue weighted by Crippen LogP contribution is -2.34. The van der Waals surface area contributed by atoms with Gasteiger partial charge in [-0.2, -0.15) is 0 Å². The van der Waals surface area contributed by atoms with E-state index < -0.39 is 0 Å². The molecular formula is C21H25N3O4. The molecule has 1 aliphatic rings. The third-order valence-electron chi connectivity index (χ3n) is 4.71. The smallest absolute Gasteiger partial charge is 0.257 e. The fourth-order valence-corrected chi connectivity index (χ4v) is 3.09. The van der Waals surface area contributed by atoms with Crippen molar-refractivity contribution in [1.82, 2.24) is 10.2 Å². The molecule has 0 radical (unpaired) electrons. The van der Waals surface area contributed by atoms with E-state index in [2.05, 4.69) is 10.6 Å². The fraction of sp³-hybridized carbons (Fsp3) is 0.333. The van der Waals surface area contributed by atoms with Crippen LogP contribution in [0.3, 0.4) is 0 Å². The van der Waals surface area contributed by atoms with Gasteiger partial charge >= 0.3 is 0 Å². The fourth-order valence-electron chi connectivity index (χ4n) is 3.09. The van der Waals surface area contributed by atoms with E-state index in [9.17, 15) is 14.7 Å². The number of para-hydroxylation sites is 1. The van der Waals surface area contributed by atoms with Crippen molar-refractivity contribution >= 4 is 17.4 Å². The van der Waals surface area contributed by atoms with Gasteiger partial charge in [0.25, 0.3) is 5.91 Å². The SMILES string of the molecule is CCC(NC1=C(Nc2cccc(C(=O)N(C)C)c2O)C(=O)C1)c1ccc(C)o1. The summed E-state index contributed by atoms with van der Waals surface area (Å²) in [5, 5.41) is 16.8. The minimum Gasteiger partial charge on any atom is -0.505 e. The summed E-state index contributed by atoms with van der Waals surface area (Å²) in [6.45, 7) is 3.92. The molecule has 3 N–H and O–H groups in total. The number of furan rings is 1. The lowest BCUT2D eigenvalue weighted by molar-refractivity contribution is -0.116. The van der Waals surface area contributed by atoms with Crippen molar-refractivity contribution < 1.29 is 19.1 Å². The molecule has 1 aromatic heterocycles. The first kappa shape index (κ1) is 19.5. The maximum absolute atomic E-state index is 12.2. The number of amides is 1. The molecule has 1 aromatic carbocycles. The van der Waals surface area contributed by atoms with Crippen LogP contribution in [-0.4, -0.2) is 35.8 Å². The molecule has 148 valence electrons. The summed E-state index contributed by atoms with van der Waals surface area (Å²) in [5.74, 6) is 1.10. The maximum Gasteiger partial charge on any atom is 0.257 e. The van der Waals surface area contributed by atoms with Crippen molar-refractivity contribution in [3.63, 3.8) is 0 Å². The minimum absolute atomic E-state index is 0.0520. The Bertz CT molecular complexity index is 943. The number of nitrogens with one attached hydrogen (secondary N) is 2. The molecule has 1 amide bonds. The lowest BCUT2D eigenvalue weighted by atomic mass is 9.96. The molecule has 0 fully saturated rings. The number of phenolic OH excluding ortho intramolecular Hbond substituents is 1. The predicted octanol–water partition coefficient (Wildman–Crippen LogP) is 3.33. The number of nitrogens with zero attached hydrogens (tertiary/aromatic N) is 1. The predicted molar refractivity (Wildman–Crippen MR) is 106 cm³/mol. The highest BCUT2D eigenvalue weighted by atomic mass is 16.3. The number of hydrogen-bond acceptors (Lipinski definition) is 6. The topological polar surface area (TPSA) is 94.8 Å². The zero-order chi connectivity index (χ0) is 20.4. The Morgan fingerprint density at radius 3 is 2.61 bits per heavy atom. The number of ketones is 1. The van der Waals surface area contributed by atoms with Crippen molar-refractivity contribution in [3.05, 3.63) is 58.8 Å². The highest BCUT2D eigenvalue weighted by molar-refractivity contribution is 6.07.